The first kappa shape index (κ1) is 22.2. The molecule has 0 bridgehead atoms. The summed E-state index contributed by atoms with van der Waals surface area (Å²) in [5.74, 6) is 1.81. The summed E-state index contributed by atoms with van der Waals surface area (Å²) in [5.41, 5.74) is -0.159. The molecule has 1 heterocycles. The lowest BCUT2D eigenvalue weighted by molar-refractivity contribution is -0.134. The number of Topliss-reactive ketones (excluding diaryl/α,β-unsaturated/α-hetero) is 1. The molecular weight excluding hydrogens is 376 g/mol. The van der Waals surface area contributed by atoms with Crippen molar-refractivity contribution < 1.29 is 19.7 Å². The third-order valence-electron chi connectivity index (χ3n) is 9.15. The van der Waals surface area contributed by atoms with Crippen molar-refractivity contribution in [2.75, 3.05) is 6.61 Å². The van der Waals surface area contributed by atoms with Crippen molar-refractivity contribution in [2.24, 2.45) is 34.5 Å². The Bertz CT molecular complexity index is 754. The first-order chi connectivity index (χ1) is 14.1. The van der Waals surface area contributed by atoms with Crippen LogP contribution in [-0.2, 0) is 9.53 Å². The van der Waals surface area contributed by atoms with E-state index in [0.717, 1.165) is 24.8 Å². The summed E-state index contributed by atoms with van der Waals surface area (Å²) in [5, 5.41) is 20.2. The van der Waals surface area contributed by atoms with E-state index in [2.05, 4.69) is 52.8 Å². The molecule has 30 heavy (non-hydrogen) atoms. The van der Waals surface area contributed by atoms with E-state index in [1.54, 1.807) is 0 Å². The number of aliphatic hydroxyl groups excluding tert-OH is 2. The Kier molecular flexibility index (Phi) is 5.61. The van der Waals surface area contributed by atoms with Crippen molar-refractivity contribution in [2.45, 2.75) is 91.0 Å². The first-order valence-electron chi connectivity index (χ1n) is 12.0. The molecule has 2 saturated carbocycles. The fraction of sp³-hybridized carbons (Fsp3) is 0.808. The van der Waals surface area contributed by atoms with E-state index in [1.165, 1.54) is 0 Å². The van der Waals surface area contributed by atoms with Crippen LogP contribution in [0.4, 0.5) is 0 Å². The normalized spacial score (nSPS) is 46.7. The molecule has 3 fully saturated rings. The first-order valence-corrected chi connectivity index (χ1v) is 12.0. The van der Waals surface area contributed by atoms with E-state index in [-0.39, 0.29) is 35.9 Å². The van der Waals surface area contributed by atoms with Crippen molar-refractivity contribution in [3.63, 3.8) is 0 Å². The summed E-state index contributed by atoms with van der Waals surface area (Å²) in [6.45, 7) is 11.2. The van der Waals surface area contributed by atoms with E-state index in [9.17, 15) is 15.0 Å². The Morgan fingerprint density at radius 3 is 2.60 bits per heavy atom. The molecule has 1 saturated heterocycles. The van der Waals surface area contributed by atoms with E-state index in [4.69, 9.17) is 4.74 Å². The molecule has 4 heteroatoms. The zero-order valence-electron chi connectivity index (χ0n) is 19.4. The van der Waals surface area contributed by atoms with Gasteiger partial charge in [0.15, 0.2) is 5.78 Å². The van der Waals surface area contributed by atoms with Gasteiger partial charge in [0.05, 0.1) is 11.5 Å². The Labute approximate surface area is 181 Å². The van der Waals surface area contributed by atoms with Gasteiger partial charge in [-0.2, -0.15) is 0 Å². The molecule has 2 N–H and O–H groups in total. The van der Waals surface area contributed by atoms with Crippen molar-refractivity contribution in [3.8, 4) is 0 Å². The predicted molar refractivity (Wildman–Crippen MR) is 118 cm³/mol. The van der Waals surface area contributed by atoms with Crippen LogP contribution < -0.4 is 0 Å². The average molecular weight is 417 g/mol. The summed E-state index contributed by atoms with van der Waals surface area (Å²) < 4.78 is 6.15. The molecule has 4 aliphatic rings. The maximum atomic E-state index is 13.9. The number of ketones is 1. The third kappa shape index (κ3) is 3.17. The number of hydrogen-bond donors (Lipinski definition) is 2. The van der Waals surface area contributed by atoms with Crippen LogP contribution in [0.15, 0.2) is 23.8 Å². The number of carbonyl (C=O) groups excluding carboxylic acids is 1. The minimum absolute atomic E-state index is 0.0409. The zero-order chi connectivity index (χ0) is 21.9. The van der Waals surface area contributed by atoms with Gasteiger partial charge < -0.3 is 14.9 Å². The Balaban J connectivity index is 1.65. The van der Waals surface area contributed by atoms with Crippen molar-refractivity contribution in [1.29, 1.82) is 0 Å². The molecule has 3 aliphatic carbocycles. The van der Waals surface area contributed by atoms with E-state index in [0.29, 0.717) is 37.0 Å². The van der Waals surface area contributed by atoms with Crippen LogP contribution in [0.5, 0.6) is 0 Å². The smallest absolute Gasteiger partial charge is 0.167 e. The van der Waals surface area contributed by atoms with Crippen molar-refractivity contribution in [1.82, 2.24) is 0 Å². The van der Waals surface area contributed by atoms with E-state index in [1.807, 2.05) is 0 Å². The predicted octanol–water partition coefficient (Wildman–Crippen LogP) is 4.45. The Morgan fingerprint density at radius 1 is 1.20 bits per heavy atom. The second-order valence-corrected chi connectivity index (χ2v) is 11.3. The quantitative estimate of drug-likeness (QED) is 0.496. The lowest BCUT2D eigenvalue weighted by Crippen LogP contribution is -2.53. The second-order valence-electron chi connectivity index (χ2n) is 11.3. The van der Waals surface area contributed by atoms with E-state index < -0.39 is 11.0 Å². The van der Waals surface area contributed by atoms with Gasteiger partial charge in [-0.05, 0) is 79.8 Å². The highest BCUT2D eigenvalue weighted by Crippen LogP contribution is 2.65. The molecule has 1 spiro atoms. The highest BCUT2D eigenvalue weighted by atomic mass is 16.6. The van der Waals surface area contributed by atoms with Gasteiger partial charge in [-0.3, -0.25) is 4.79 Å². The lowest BCUT2D eigenvalue weighted by Gasteiger charge is -2.46. The molecule has 4 rings (SSSR count). The number of hydrogen-bond acceptors (Lipinski definition) is 4. The number of aliphatic hydroxyl groups is 2. The SMILES string of the molecule is CC(C)/C=C/[C@@H](C)[C@H]1CC[C@@H](C2=C[C@@H]3O[C@@]34C[C@@H](O)CC[C@]4(C)C2=O)[C@]1(C)CCO. The molecule has 168 valence electrons. The third-order valence-corrected chi connectivity index (χ3v) is 9.15. The summed E-state index contributed by atoms with van der Waals surface area (Å²) in [6.07, 6.45) is 11.0. The fourth-order valence-corrected chi connectivity index (χ4v) is 7.22. The molecule has 0 aromatic heterocycles. The number of carbonyl (C=O) groups is 1. The fourth-order valence-electron chi connectivity index (χ4n) is 7.22. The van der Waals surface area contributed by atoms with Gasteiger partial charge in [0.2, 0.25) is 0 Å². The maximum absolute atomic E-state index is 13.9. The van der Waals surface area contributed by atoms with Gasteiger partial charge in [0.1, 0.15) is 11.7 Å². The number of ether oxygens (including phenoxy) is 1. The molecule has 4 nitrogen and oxygen atoms in total. The van der Waals surface area contributed by atoms with Crippen LogP contribution in [0.2, 0.25) is 0 Å². The molecule has 8 atom stereocenters. The van der Waals surface area contributed by atoms with Gasteiger partial charge in [-0.15, -0.1) is 0 Å². The van der Waals surface area contributed by atoms with Gasteiger partial charge in [-0.25, -0.2) is 0 Å². The maximum Gasteiger partial charge on any atom is 0.167 e. The molecule has 0 amide bonds. The van der Waals surface area contributed by atoms with Crippen LogP contribution in [0.3, 0.4) is 0 Å². The van der Waals surface area contributed by atoms with Crippen LogP contribution in [0, 0.1) is 34.5 Å². The monoisotopic (exact) mass is 416 g/mol. The average Bonchev–Trinajstić information content (AvgIpc) is 3.27. The molecule has 0 unspecified atom stereocenters. The topological polar surface area (TPSA) is 70.1 Å². The Morgan fingerprint density at radius 2 is 1.93 bits per heavy atom. The van der Waals surface area contributed by atoms with Crippen molar-refractivity contribution in [3.05, 3.63) is 23.8 Å². The van der Waals surface area contributed by atoms with Crippen LogP contribution in [-0.4, -0.2) is 40.4 Å². The van der Waals surface area contributed by atoms with E-state index >= 15 is 0 Å². The van der Waals surface area contributed by atoms with Gasteiger partial charge in [-0.1, -0.05) is 39.8 Å². The Hall–Kier alpha value is -0.970. The molecule has 0 aromatic carbocycles. The molecular formula is C26H40O4. The van der Waals surface area contributed by atoms with Crippen LogP contribution in [0.1, 0.15) is 73.1 Å². The number of rotatable bonds is 6. The second kappa shape index (κ2) is 7.56. The van der Waals surface area contributed by atoms with Gasteiger partial charge in [0, 0.05) is 13.0 Å². The summed E-state index contributed by atoms with van der Waals surface area (Å²) in [4.78, 5) is 13.9. The van der Waals surface area contributed by atoms with Crippen LogP contribution in [0.25, 0.3) is 0 Å². The summed E-state index contributed by atoms with van der Waals surface area (Å²) >= 11 is 0. The zero-order valence-corrected chi connectivity index (χ0v) is 19.4. The summed E-state index contributed by atoms with van der Waals surface area (Å²) in [7, 11) is 0. The van der Waals surface area contributed by atoms with Crippen molar-refractivity contribution >= 4 is 5.78 Å². The lowest BCUT2D eigenvalue weighted by atomic mass is 9.55. The molecule has 1 aliphatic heterocycles. The minimum atomic E-state index is -0.525. The number of epoxide rings is 1. The summed E-state index contributed by atoms with van der Waals surface area (Å²) in [6, 6.07) is 0. The number of allylic oxidation sites excluding steroid dienone is 3. The molecule has 0 aromatic rings. The standard InChI is InChI=1S/C26H40O4/c1-16(2)6-7-17(3)20-8-9-21(24(20,4)12-13-27)19-14-22-26(30-22)15-18(28)10-11-25(26,5)23(19)29/h6-7,14,16-18,20-22,27-28H,8-13,15H2,1-5H3/b7-6+/t17-,18+,20-,21+,22+,24-,25-,26+/m1/s1. The highest BCUT2D eigenvalue weighted by molar-refractivity contribution is 6.03. The van der Waals surface area contributed by atoms with Gasteiger partial charge in [0.25, 0.3) is 0 Å². The highest BCUT2D eigenvalue weighted by Gasteiger charge is 2.73. The van der Waals surface area contributed by atoms with Crippen LogP contribution >= 0.6 is 0 Å². The minimum Gasteiger partial charge on any atom is -0.396 e. The largest absolute Gasteiger partial charge is 0.396 e. The van der Waals surface area contributed by atoms with Gasteiger partial charge >= 0.3 is 0 Å². The molecule has 0 radical (unpaired) electrons.